The standard InChI is InChI=1S/C20H20FNO4/c1-2-26-17-9-15(21)7-8-16(17)22-18(23)12-20(19(24)25)10-13-5-3-4-6-14(13)11-20/h3-9H,2,10-12H2,1H3,(H,22,23)(H,24,25). The lowest BCUT2D eigenvalue weighted by molar-refractivity contribution is -0.150. The smallest absolute Gasteiger partial charge is 0.310 e. The SMILES string of the molecule is CCOc1cc(F)ccc1NC(=O)CC1(C(=O)O)Cc2ccccc2C1. The number of carbonyl (C=O) groups excluding carboxylic acids is 1. The van der Waals surface area contributed by atoms with Crippen molar-refractivity contribution in [3.05, 3.63) is 59.4 Å². The highest BCUT2D eigenvalue weighted by molar-refractivity contribution is 5.95. The number of benzene rings is 2. The molecule has 0 unspecified atom stereocenters. The van der Waals surface area contributed by atoms with Crippen LogP contribution in [0.15, 0.2) is 42.5 Å². The quantitative estimate of drug-likeness (QED) is 0.831. The normalized spacial score (nSPS) is 14.5. The number of hydrogen-bond donors (Lipinski definition) is 2. The van der Waals surface area contributed by atoms with Crippen molar-refractivity contribution in [1.82, 2.24) is 0 Å². The Kier molecular flexibility index (Phi) is 4.93. The summed E-state index contributed by atoms with van der Waals surface area (Å²) in [7, 11) is 0. The Morgan fingerprint density at radius 3 is 2.42 bits per heavy atom. The van der Waals surface area contributed by atoms with Crippen LogP contribution in [0.4, 0.5) is 10.1 Å². The lowest BCUT2D eigenvalue weighted by atomic mass is 9.81. The molecule has 3 rings (SSSR count). The van der Waals surface area contributed by atoms with Gasteiger partial charge in [-0.05, 0) is 43.0 Å². The Bertz CT molecular complexity index is 824. The number of aliphatic carboxylic acids is 1. The second kappa shape index (κ2) is 7.15. The van der Waals surface area contributed by atoms with Gasteiger partial charge in [0.15, 0.2) is 0 Å². The molecule has 6 heteroatoms. The predicted molar refractivity (Wildman–Crippen MR) is 94.7 cm³/mol. The molecule has 0 fully saturated rings. The number of ether oxygens (including phenoxy) is 1. The first-order valence-corrected chi connectivity index (χ1v) is 8.46. The molecule has 0 aliphatic heterocycles. The van der Waals surface area contributed by atoms with Gasteiger partial charge in [-0.1, -0.05) is 24.3 Å². The van der Waals surface area contributed by atoms with E-state index in [0.29, 0.717) is 25.1 Å². The first-order valence-electron chi connectivity index (χ1n) is 8.46. The van der Waals surface area contributed by atoms with Gasteiger partial charge in [-0.3, -0.25) is 9.59 Å². The number of rotatable bonds is 6. The van der Waals surface area contributed by atoms with Crippen LogP contribution < -0.4 is 10.1 Å². The summed E-state index contributed by atoms with van der Waals surface area (Å²) in [6.45, 7) is 2.08. The van der Waals surface area contributed by atoms with Crippen molar-refractivity contribution in [3.63, 3.8) is 0 Å². The monoisotopic (exact) mass is 357 g/mol. The number of carboxylic acids is 1. The van der Waals surface area contributed by atoms with Gasteiger partial charge < -0.3 is 15.2 Å². The average molecular weight is 357 g/mol. The van der Waals surface area contributed by atoms with E-state index in [1.54, 1.807) is 6.92 Å². The van der Waals surface area contributed by atoms with Crippen LogP contribution in [-0.4, -0.2) is 23.6 Å². The van der Waals surface area contributed by atoms with Gasteiger partial charge in [0.1, 0.15) is 11.6 Å². The molecule has 2 N–H and O–H groups in total. The number of halogens is 1. The fourth-order valence-corrected chi connectivity index (χ4v) is 3.42. The van der Waals surface area contributed by atoms with Crippen LogP contribution in [0.1, 0.15) is 24.5 Å². The van der Waals surface area contributed by atoms with Crippen molar-refractivity contribution in [3.8, 4) is 5.75 Å². The van der Waals surface area contributed by atoms with Gasteiger partial charge >= 0.3 is 5.97 Å². The highest BCUT2D eigenvalue weighted by Crippen LogP contribution is 2.40. The van der Waals surface area contributed by atoms with Crippen LogP contribution in [0, 0.1) is 11.2 Å². The lowest BCUT2D eigenvalue weighted by Gasteiger charge is -2.23. The number of anilines is 1. The third-order valence-corrected chi connectivity index (χ3v) is 4.65. The zero-order chi connectivity index (χ0) is 18.7. The molecule has 0 spiro atoms. The second-order valence-corrected chi connectivity index (χ2v) is 6.51. The summed E-state index contributed by atoms with van der Waals surface area (Å²) in [6.07, 6.45) is 0.460. The van der Waals surface area contributed by atoms with E-state index < -0.39 is 23.1 Å². The molecule has 1 aliphatic carbocycles. The molecule has 0 atom stereocenters. The Morgan fingerprint density at radius 1 is 1.19 bits per heavy atom. The first kappa shape index (κ1) is 17.9. The molecule has 2 aromatic rings. The van der Waals surface area contributed by atoms with Crippen LogP contribution in [0.3, 0.4) is 0 Å². The Morgan fingerprint density at radius 2 is 1.85 bits per heavy atom. The summed E-state index contributed by atoms with van der Waals surface area (Å²) in [4.78, 5) is 24.5. The molecule has 2 aromatic carbocycles. The number of nitrogens with one attached hydrogen (secondary N) is 1. The van der Waals surface area contributed by atoms with Crippen LogP contribution in [0.5, 0.6) is 5.75 Å². The summed E-state index contributed by atoms with van der Waals surface area (Å²) in [5, 5.41) is 12.4. The van der Waals surface area contributed by atoms with E-state index in [1.807, 2.05) is 24.3 Å². The third-order valence-electron chi connectivity index (χ3n) is 4.65. The van der Waals surface area contributed by atoms with Crippen LogP contribution in [0.25, 0.3) is 0 Å². The van der Waals surface area contributed by atoms with Crippen molar-refractivity contribution in [2.45, 2.75) is 26.2 Å². The van der Waals surface area contributed by atoms with Crippen LogP contribution >= 0.6 is 0 Å². The van der Waals surface area contributed by atoms with Crippen molar-refractivity contribution < 1.29 is 23.8 Å². The zero-order valence-electron chi connectivity index (χ0n) is 14.4. The fraction of sp³-hybridized carbons (Fsp3) is 0.300. The topological polar surface area (TPSA) is 75.6 Å². The summed E-state index contributed by atoms with van der Waals surface area (Å²) >= 11 is 0. The molecular formula is C20H20FNO4. The first-order chi connectivity index (χ1) is 12.4. The largest absolute Gasteiger partial charge is 0.492 e. The molecule has 1 aliphatic rings. The number of hydrogen-bond acceptors (Lipinski definition) is 3. The van der Waals surface area contributed by atoms with Gasteiger partial charge in [-0.25, -0.2) is 4.39 Å². The molecule has 5 nitrogen and oxygen atoms in total. The van der Waals surface area contributed by atoms with Crippen molar-refractivity contribution in [2.75, 3.05) is 11.9 Å². The molecule has 136 valence electrons. The van der Waals surface area contributed by atoms with Crippen molar-refractivity contribution in [1.29, 1.82) is 0 Å². The van der Waals surface area contributed by atoms with E-state index in [-0.39, 0.29) is 12.2 Å². The minimum Gasteiger partial charge on any atom is -0.492 e. The van der Waals surface area contributed by atoms with Gasteiger partial charge in [-0.15, -0.1) is 0 Å². The molecule has 0 saturated heterocycles. The maximum atomic E-state index is 13.4. The molecule has 0 saturated carbocycles. The Labute approximate surface area is 150 Å². The molecule has 26 heavy (non-hydrogen) atoms. The van der Waals surface area contributed by atoms with Gasteiger partial charge in [0.2, 0.25) is 5.91 Å². The number of carbonyl (C=O) groups is 2. The number of carboxylic acid groups (broad SMARTS) is 1. The highest BCUT2D eigenvalue weighted by Gasteiger charge is 2.45. The van der Waals surface area contributed by atoms with E-state index in [9.17, 15) is 19.1 Å². The maximum absolute atomic E-state index is 13.4. The van der Waals surface area contributed by atoms with Crippen LogP contribution in [-0.2, 0) is 22.4 Å². The van der Waals surface area contributed by atoms with Gasteiger partial charge in [0, 0.05) is 12.5 Å². The average Bonchev–Trinajstić information content (AvgIpc) is 2.97. The van der Waals surface area contributed by atoms with Crippen molar-refractivity contribution in [2.24, 2.45) is 5.41 Å². The Hall–Kier alpha value is -2.89. The number of fused-ring (bicyclic) bond motifs is 1. The lowest BCUT2D eigenvalue weighted by Crippen LogP contribution is -2.36. The van der Waals surface area contributed by atoms with Gasteiger partial charge in [-0.2, -0.15) is 0 Å². The van der Waals surface area contributed by atoms with Gasteiger partial charge in [0.05, 0.1) is 17.7 Å². The molecule has 0 heterocycles. The molecule has 0 radical (unpaired) electrons. The highest BCUT2D eigenvalue weighted by atomic mass is 19.1. The van der Waals surface area contributed by atoms with E-state index >= 15 is 0 Å². The maximum Gasteiger partial charge on any atom is 0.310 e. The predicted octanol–water partition coefficient (Wildman–Crippen LogP) is 3.42. The number of amides is 1. The molecule has 0 aromatic heterocycles. The summed E-state index contributed by atoms with van der Waals surface area (Å²) < 4.78 is 18.7. The van der Waals surface area contributed by atoms with Gasteiger partial charge in [0.25, 0.3) is 0 Å². The fourth-order valence-electron chi connectivity index (χ4n) is 3.42. The van der Waals surface area contributed by atoms with E-state index in [0.717, 1.165) is 11.1 Å². The summed E-state index contributed by atoms with van der Waals surface area (Å²) in [6, 6.07) is 11.3. The van der Waals surface area contributed by atoms with E-state index in [2.05, 4.69) is 5.32 Å². The van der Waals surface area contributed by atoms with E-state index in [4.69, 9.17) is 4.74 Å². The third kappa shape index (κ3) is 3.54. The summed E-state index contributed by atoms with van der Waals surface area (Å²) in [5.41, 5.74) is 1.08. The molecule has 0 bridgehead atoms. The minimum absolute atomic E-state index is 0.167. The van der Waals surface area contributed by atoms with Crippen LogP contribution in [0.2, 0.25) is 0 Å². The molecule has 1 amide bonds. The van der Waals surface area contributed by atoms with Crippen molar-refractivity contribution >= 4 is 17.6 Å². The molecular weight excluding hydrogens is 337 g/mol. The Balaban J connectivity index is 1.78. The second-order valence-electron chi connectivity index (χ2n) is 6.51. The zero-order valence-corrected chi connectivity index (χ0v) is 14.4. The van der Waals surface area contributed by atoms with E-state index in [1.165, 1.54) is 18.2 Å². The minimum atomic E-state index is -1.17. The summed E-state index contributed by atoms with van der Waals surface area (Å²) in [5.74, 6) is -1.68.